The summed E-state index contributed by atoms with van der Waals surface area (Å²) < 4.78 is 4.98. The Labute approximate surface area is 116 Å². The second kappa shape index (κ2) is 6.14. The Balaban J connectivity index is 1.93. The zero-order valence-electron chi connectivity index (χ0n) is 11.7. The molecule has 106 valence electrons. The van der Waals surface area contributed by atoms with E-state index in [9.17, 15) is 4.79 Å². The SMILES string of the molecule is CNc1cc(C(=O)NCCc2nc(C)no2)cc(C)n1. The first kappa shape index (κ1) is 14.0. The van der Waals surface area contributed by atoms with Crippen molar-refractivity contribution >= 4 is 11.7 Å². The van der Waals surface area contributed by atoms with Crippen molar-refractivity contribution in [2.24, 2.45) is 0 Å². The number of hydrogen-bond donors (Lipinski definition) is 2. The van der Waals surface area contributed by atoms with Crippen LogP contribution in [0.2, 0.25) is 0 Å². The van der Waals surface area contributed by atoms with Crippen LogP contribution in [0.1, 0.15) is 27.8 Å². The third-order valence-electron chi connectivity index (χ3n) is 2.67. The lowest BCUT2D eigenvalue weighted by Gasteiger charge is -2.07. The second-order valence-electron chi connectivity index (χ2n) is 4.37. The van der Waals surface area contributed by atoms with Crippen molar-refractivity contribution in [2.45, 2.75) is 20.3 Å². The van der Waals surface area contributed by atoms with Gasteiger partial charge in [0.1, 0.15) is 5.82 Å². The number of amides is 1. The summed E-state index contributed by atoms with van der Waals surface area (Å²) in [6.45, 7) is 4.04. The molecule has 20 heavy (non-hydrogen) atoms. The molecule has 1 amide bonds. The van der Waals surface area contributed by atoms with E-state index < -0.39 is 0 Å². The second-order valence-corrected chi connectivity index (χ2v) is 4.37. The van der Waals surface area contributed by atoms with Crippen molar-refractivity contribution in [3.8, 4) is 0 Å². The highest BCUT2D eigenvalue weighted by atomic mass is 16.5. The average Bonchev–Trinajstić information content (AvgIpc) is 2.83. The first-order valence-corrected chi connectivity index (χ1v) is 6.32. The maximum atomic E-state index is 12.0. The highest BCUT2D eigenvalue weighted by molar-refractivity contribution is 5.94. The predicted octanol–water partition coefficient (Wildman–Crippen LogP) is 1.10. The Bertz CT molecular complexity index is 609. The number of carbonyl (C=O) groups is 1. The molecular weight excluding hydrogens is 258 g/mol. The van der Waals surface area contributed by atoms with Gasteiger partial charge in [-0.15, -0.1) is 0 Å². The molecule has 0 saturated heterocycles. The molecule has 7 nitrogen and oxygen atoms in total. The predicted molar refractivity (Wildman–Crippen MR) is 73.6 cm³/mol. The van der Waals surface area contributed by atoms with Crippen LogP contribution < -0.4 is 10.6 Å². The summed E-state index contributed by atoms with van der Waals surface area (Å²) in [5.41, 5.74) is 1.36. The molecule has 2 aromatic rings. The number of nitrogens with zero attached hydrogens (tertiary/aromatic N) is 3. The molecule has 0 atom stereocenters. The number of hydrogen-bond acceptors (Lipinski definition) is 6. The van der Waals surface area contributed by atoms with Crippen LogP contribution in [0.15, 0.2) is 16.7 Å². The van der Waals surface area contributed by atoms with E-state index in [-0.39, 0.29) is 5.91 Å². The fourth-order valence-corrected chi connectivity index (χ4v) is 1.75. The van der Waals surface area contributed by atoms with Gasteiger partial charge in [0.25, 0.3) is 5.91 Å². The number of carbonyl (C=O) groups excluding carboxylic acids is 1. The van der Waals surface area contributed by atoms with E-state index in [0.29, 0.717) is 36.1 Å². The van der Waals surface area contributed by atoms with Gasteiger partial charge in [-0.2, -0.15) is 4.98 Å². The van der Waals surface area contributed by atoms with Crippen LogP contribution in [0.5, 0.6) is 0 Å². The fourth-order valence-electron chi connectivity index (χ4n) is 1.75. The molecule has 0 radical (unpaired) electrons. The summed E-state index contributed by atoms with van der Waals surface area (Å²) in [5.74, 6) is 1.63. The van der Waals surface area contributed by atoms with Crippen LogP contribution in [0.4, 0.5) is 5.82 Å². The van der Waals surface area contributed by atoms with E-state index in [1.165, 1.54) is 0 Å². The number of aromatic nitrogens is 3. The average molecular weight is 275 g/mol. The summed E-state index contributed by atoms with van der Waals surface area (Å²) >= 11 is 0. The molecule has 0 spiro atoms. The van der Waals surface area contributed by atoms with E-state index in [2.05, 4.69) is 25.8 Å². The minimum atomic E-state index is -0.150. The Hall–Kier alpha value is -2.44. The van der Waals surface area contributed by atoms with E-state index >= 15 is 0 Å². The molecule has 7 heteroatoms. The van der Waals surface area contributed by atoms with Gasteiger partial charge >= 0.3 is 0 Å². The van der Waals surface area contributed by atoms with Gasteiger partial charge in [0.2, 0.25) is 5.89 Å². The molecule has 0 fully saturated rings. The Morgan fingerprint density at radius 3 is 2.75 bits per heavy atom. The van der Waals surface area contributed by atoms with Gasteiger partial charge in [0.15, 0.2) is 5.82 Å². The Kier molecular flexibility index (Phi) is 4.29. The minimum absolute atomic E-state index is 0.150. The summed E-state index contributed by atoms with van der Waals surface area (Å²) in [7, 11) is 1.77. The number of rotatable bonds is 5. The van der Waals surface area contributed by atoms with Gasteiger partial charge < -0.3 is 15.2 Å². The zero-order valence-corrected chi connectivity index (χ0v) is 11.7. The minimum Gasteiger partial charge on any atom is -0.373 e. The van der Waals surface area contributed by atoms with Crippen molar-refractivity contribution < 1.29 is 9.32 Å². The Morgan fingerprint density at radius 1 is 1.30 bits per heavy atom. The Morgan fingerprint density at radius 2 is 2.10 bits per heavy atom. The summed E-state index contributed by atoms with van der Waals surface area (Å²) in [6, 6.07) is 3.45. The molecule has 0 aromatic carbocycles. The topological polar surface area (TPSA) is 92.9 Å². The smallest absolute Gasteiger partial charge is 0.251 e. The van der Waals surface area contributed by atoms with Crippen molar-refractivity contribution in [2.75, 3.05) is 18.9 Å². The van der Waals surface area contributed by atoms with Gasteiger partial charge in [-0.25, -0.2) is 4.98 Å². The highest BCUT2D eigenvalue weighted by Crippen LogP contribution is 2.09. The molecule has 0 bridgehead atoms. The molecule has 2 N–H and O–H groups in total. The van der Waals surface area contributed by atoms with Gasteiger partial charge in [-0.1, -0.05) is 5.16 Å². The summed E-state index contributed by atoms with van der Waals surface area (Å²) in [4.78, 5) is 20.3. The third-order valence-corrected chi connectivity index (χ3v) is 2.67. The maximum Gasteiger partial charge on any atom is 0.251 e. The summed E-state index contributed by atoms with van der Waals surface area (Å²) in [5, 5.41) is 9.43. The zero-order chi connectivity index (χ0) is 14.5. The third kappa shape index (κ3) is 3.53. The molecular formula is C13H17N5O2. The molecule has 0 aliphatic heterocycles. The number of anilines is 1. The van der Waals surface area contributed by atoms with Crippen molar-refractivity contribution in [1.29, 1.82) is 0 Å². The molecule has 0 aliphatic carbocycles. The van der Waals surface area contributed by atoms with Crippen LogP contribution in [-0.4, -0.2) is 34.6 Å². The number of pyridine rings is 1. The van der Waals surface area contributed by atoms with E-state index in [0.717, 1.165) is 5.69 Å². The number of aryl methyl sites for hydroxylation is 2. The maximum absolute atomic E-state index is 12.0. The quantitative estimate of drug-likeness (QED) is 0.848. The van der Waals surface area contributed by atoms with Crippen LogP contribution in [0.25, 0.3) is 0 Å². The molecule has 2 heterocycles. The molecule has 2 rings (SSSR count). The van der Waals surface area contributed by atoms with E-state index in [1.807, 2.05) is 6.92 Å². The largest absolute Gasteiger partial charge is 0.373 e. The van der Waals surface area contributed by atoms with Gasteiger partial charge in [-0.3, -0.25) is 4.79 Å². The lowest BCUT2D eigenvalue weighted by Crippen LogP contribution is -2.26. The van der Waals surface area contributed by atoms with Gasteiger partial charge in [0.05, 0.1) is 0 Å². The van der Waals surface area contributed by atoms with Crippen LogP contribution in [0, 0.1) is 13.8 Å². The standard InChI is InChI=1S/C13H17N5O2/c1-8-6-10(7-11(14-3)16-8)13(19)15-5-4-12-17-9(2)18-20-12/h6-7H,4-5H2,1-3H3,(H,14,16)(H,15,19). The first-order chi connectivity index (χ1) is 9.58. The van der Waals surface area contributed by atoms with Gasteiger partial charge in [-0.05, 0) is 26.0 Å². The lowest BCUT2D eigenvalue weighted by atomic mass is 10.2. The monoisotopic (exact) mass is 275 g/mol. The number of nitrogens with one attached hydrogen (secondary N) is 2. The molecule has 0 unspecified atom stereocenters. The van der Waals surface area contributed by atoms with Crippen molar-refractivity contribution in [3.63, 3.8) is 0 Å². The van der Waals surface area contributed by atoms with E-state index in [4.69, 9.17) is 4.52 Å². The van der Waals surface area contributed by atoms with Crippen LogP contribution in [0.3, 0.4) is 0 Å². The summed E-state index contributed by atoms with van der Waals surface area (Å²) in [6.07, 6.45) is 0.509. The normalized spacial score (nSPS) is 10.3. The van der Waals surface area contributed by atoms with Crippen molar-refractivity contribution in [1.82, 2.24) is 20.4 Å². The fraction of sp³-hybridized carbons (Fsp3) is 0.385. The van der Waals surface area contributed by atoms with Crippen molar-refractivity contribution in [3.05, 3.63) is 35.1 Å². The lowest BCUT2D eigenvalue weighted by molar-refractivity contribution is 0.0953. The van der Waals surface area contributed by atoms with Crippen LogP contribution in [-0.2, 0) is 6.42 Å². The molecule has 0 saturated carbocycles. The van der Waals surface area contributed by atoms with Gasteiger partial charge in [0, 0.05) is 31.3 Å². The molecule has 2 aromatic heterocycles. The molecule has 0 aliphatic rings. The van der Waals surface area contributed by atoms with E-state index in [1.54, 1.807) is 26.1 Å². The van der Waals surface area contributed by atoms with Crippen LogP contribution >= 0.6 is 0 Å². The highest BCUT2D eigenvalue weighted by Gasteiger charge is 2.09. The first-order valence-electron chi connectivity index (χ1n) is 6.32.